The molecule has 0 amide bonds. The summed E-state index contributed by atoms with van der Waals surface area (Å²) in [6, 6.07) is 0. The Morgan fingerprint density at radius 2 is 1.29 bits per heavy atom. The minimum Gasteiger partial charge on any atom is -0.330 e. The lowest BCUT2D eigenvalue weighted by molar-refractivity contribution is 0.315. The molecule has 0 radical (unpaired) electrons. The van der Waals surface area contributed by atoms with Crippen molar-refractivity contribution in [2.75, 3.05) is 6.54 Å². The molecular formula is C12H28N2. The molecule has 0 saturated heterocycles. The van der Waals surface area contributed by atoms with Crippen LogP contribution in [0.2, 0.25) is 0 Å². The van der Waals surface area contributed by atoms with E-state index in [0.717, 1.165) is 19.4 Å². The smallest absolute Gasteiger partial charge is 0.0154 e. The van der Waals surface area contributed by atoms with Crippen LogP contribution < -0.4 is 11.5 Å². The molecule has 0 spiro atoms. The minimum atomic E-state index is 0.0748. The van der Waals surface area contributed by atoms with Crippen LogP contribution in [0.15, 0.2) is 0 Å². The minimum absolute atomic E-state index is 0.0748. The van der Waals surface area contributed by atoms with Gasteiger partial charge in [-0.2, -0.15) is 0 Å². The lowest BCUT2D eigenvalue weighted by atomic mass is 9.84. The van der Waals surface area contributed by atoms with Gasteiger partial charge in [0.15, 0.2) is 0 Å². The molecular weight excluding hydrogens is 172 g/mol. The monoisotopic (exact) mass is 200 g/mol. The maximum atomic E-state index is 6.40. The molecule has 0 bridgehead atoms. The Morgan fingerprint density at radius 1 is 0.857 bits per heavy atom. The van der Waals surface area contributed by atoms with Gasteiger partial charge in [-0.25, -0.2) is 0 Å². The van der Waals surface area contributed by atoms with Gasteiger partial charge < -0.3 is 11.5 Å². The van der Waals surface area contributed by atoms with Crippen LogP contribution in [0.1, 0.15) is 65.2 Å². The van der Waals surface area contributed by atoms with Gasteiger partial charge in [-0.3, -0.25) is 0 Å². The van der Waals surface area contributed by atoms with Gasteiger partial charge in [0, 0.05) is 5.54 Å². The number of hydrogen-bond acceptors (Lipinski definition) is 2. The van der Waals surface area contributed by atoms with Crippen molar-refractivity contribution < 1.29 is 0 Å². The molecule has 0 aromatic heterocycles. The first kappa shape index (κ1) is 13.9. The van der Waals surface area contributed by atoms with Crippen molar-refractivity contribution in [3.8, 4) is 0 Å². The molecule has 2 nitrogen and oxygen atoms in total. The molecule has 0 rings (SSSR count). The molecule has 0 saturated carbocycles. The van der Waals surface area contributed by atoms with Crippen LogP contribution in [0.25, 0.3) is 0 Å². The molecule has 0 heterocycles. The van der Waals surface area contributed by atoms with Crippen LogP contribution in [-0.4, -0.2) is 12.1 Å². The summed E-state index contributed by atoms with van der Waals surface area (Å²) < 4.78 is 0. The third-order valence-electron chi connectivity index (χ3n) is 2.94. The van der Waals surface area contributed by atoms with Crippen LogP contribution in [0.5, 0.6) is 0 Å². The highest BCUT2D eigenvalue weighted by atomic mass is 14.7. The summed E-state index contributed by atoms with van der Waals surface area (Å²) in [7, 11) is 0. The van der Waals surface area contributed by atoms with Crippen LogP contribution in [0, 0.1) is 0 Å². The van der Waals surface area contributed by atoms with E-state index in [2.05, 4.69) is 13.8 Å². The quantitative estimate of drug-likeness (QED) is 0.601. The second-order valence-corrected chi connectivity index (χ2v) is 4.46. The van der Waals surface area contributed by atoms with E-state index in [0.29, 0.717) is 0 Å². The average Bonchev–Trinajstić information content (AvgIpc) is 2.21. The molecule has 0 aromatic rings. The Kier molecular flexibility index (Phi) is 8.20. The van der Waals surface area contributed by atoms with E-state index in [1.165, 1.54) is 38.5 Å². The first-order chi connectivity index (χ1) is 6.68. The van der Waals surface area contributed by atoms with E-state index >= 15 is 0 Å². The molecule has 0 fully saturated rings. The average molecular weight is 200 g/mol. The standard InChI is InChI=1S/C12H28N2/c1-3-5-8-12(14,9-6-4-2)10-7-11-13/h3-11,13-14H2,1-2H3. The SMILES string of the molecule is CCCCC(N)(CCCC)CCCN. The molecule has 4 N–H and O–H groups in total. The molecule has 14 heavy (non-hydrogen) atoms. The molecule has 2 heteroatoms. The molecule has 86 valence electrons. The van der Waals surface area contributed by atoms with Crippen molar-refractivity contribution in [1.82, 2.24) is 0 Å². The van der Waals surface area contributed by atoms with Crippen LogP contribution >= 0.6 is 0 Å². The number of nitrogens with two attached hydrogens (primary N) is 2. The van der Waals surface area contributed by atoms with Crippen molar-refractivity contribution in [1.29, 1.82) is 0 Å². The molecule has 0 atom stereocenters. The lowest BCUT2D eigenvalue weighted by Crippen LogP contribution is -2.40. The fourth-order valence-corrected chi connectivity index (χ4v) is 1.89. The zero-order chi connectivity index (χ0) is 10.9. The summed E-state index contributed by atoms with van der Waals surface area (Å²) in [6.07, 6.45) is 9.51. The third kappa shape index (κ3) is 6.39. The lowest BCUT2D eigenvalue weighted by Gasteiger charge is -2.29. The third-order valence-corrected chi connectivity index (χ3v) is 2.94. The van der Waals surface area contributed by atoms with Crippen molar-refractivity contribution >= 4 is 0 Å². The van der Waals surface area contributed by atoms with Gasteiger partial charge in [-0.1, -0.05) is 39.5 Å². The largest absolute Gasteiger partial charge is 0.330 e. The summed E-state index contributed by atoms with van der Waals surface area (Å²) >= 11 is 0. The summed E-state index contributed by atoms with van der Waals surface area (Å²) in [4.78, 5) is 0. The topological polar surface area (TPSA) is 52.0 Å². The van der Waals surface area contributed by atoms with Crippen LogP contribution in [0.3, 0.4) is 0 Å². The van der Waals surface area contributed by atoms with Gasteiger partial charge in [-0.05, 0) is 32.2 Å². The van der Waals surface area contributed by atoms with Gasteiger partial charge in [-0.15, -0.1) is 0 Å². The van der Waals surface area contributed by atoms with Gasteiger partial charge in [0.2, 0.25) is 0 Å². The molecule has 0 aliphatic rings. The number of hydrogen-bond donors (Lipinski definition) is 2. The second kappa shape index (κ2) is 8.25. The number of rotatable bonds is 9. The summed E-state index contributed by atoms with van der Waals surface area (Å²) in [5, 5.41) is 0. The predicted molar refractivity (Wildman–Crippen MR) is 64.3 cm³/mol. The van der Waals surface area contributed by atoms with Gasteiger partial charge >= 0.3 is 0 Å². The van der Waals surface area contributed by atoms with E-state index in [4.69, 9.17) is 11.5 Å². The Hall–Kier alpha value is -0.0800. The van der Waals surface area contributed by atoms with E-state index in [-0.39, 0.29) is 5.54 Å². The Balaban J connectivity index is 3.89. The van der Waals surface area contributed by atoms with Gasteiger partial charge in [0.25, 0.3) is 0 Å². The van der Waals surface area contributed by atoms with Crippen molar-refractivity contribution in [2.24, 2.45) is 11.5 Å². The van der Waals surface area contributed by atoms with Gasteiger partial charge in [0.05, 0.1) is 0 Å². The molecule has 0 unspecified atom stereocenters. The molecule has 0 aromatic carbocycles. The highest BCUT2D eigenvalue weighted by Gasteiger charge is 2.22. The number of unbranched alkanes of at least 4 members (excludes halogenated alkanes) is 2. The normalized spacial score (nSPS) is 12.0. The Bertz CT molecular complexity index is 102. The van der Waals surface area contributed by atoms with Crippen molar-refractivity contribution in [3.63, 3.8) is 0 Å². The first-order valence-corrected chi connectivity index (χ1v) is 6.17. The van der Waals surface area contributed by atoms with Crippen molar-refractivity contribution in [2.45, 2.75) is 70.8 Å². The zero-order valence-corrected chi connectivity index (χ0v) is 10.0. The summed E-state index contributed by atoms with van der Waals surface area (Å²) in [5.74, 6) is 0. The summed E-state index contributed by atoms with van der Waals surface area (Å²) in [5.41, 5.74) is 12.0. The van der Waals surface area contributed by atoms with Crippen LogP contribution in [-0.2, 0) is 0 Å². The highest BCUT2D eigenvalue weighted by molar-refractivity contribution is 4.83. The molecule has 0 aliphatic heterocycles. The fraction of sp³-hybridized carbons (Fsp3) is 1.00. The first-order valence-electron chi connectivity index (χ1n) is 6.17. The Morgan fingerprint density at radius 3 is 1.64 bits per heavy atom. The maximum Gasteiger partial charge on any atom is 0.0154 e. The zero-order valence-electron chi connectivity index (χ0n) is 10.0. The van der Waals surface area contributed by atoms with Crippen molar-refractivity contribution in [3.05, 3.63) is 0 Å². The molecule has 0 aliphatic carbocycles. The summed E-state index contributed by atoms with van der Waals surface area (Å²) in [6.45, 7) is 5.23. The van der Waals surface area contributed by atoms with Gasteiger partial charge in [0.1, 0.15) is 0 Å². The Labute approximate surface area is 89.4 Å². The predicted octanol–water partition coefficient (Wildman–Crippen LogP) is 2.80. The highest BCUT2D eigenvalue weighted by Crippen LogP contribution is 2.23. The van der Waals surface area contributed by atoms with E-state index < -0.39 is 0 Å². The van der Waals surface area contributed by atoms with Crippen LogP contribution in [0.4, 0.5) is 0 Å². The second-order valence-electron chi connectivity index (χ2n) is 4.46. The van der Waals surface area contributed by atoms with E-state index in [9.17, 15) is 0 Å². The van der Waals surface area contributed by atoms with E-state index in [1.807, 2.05) is 0 Å². The maximum absolute atomic E-state index is 6.40. The fourth-order valence-electron chi connectivity index (χ4n) is 1.89. The van der Waals surface area contributed by atoms with E-state index in [1.54, 1.807) is 0 Å².